The summed E-state index contributed by atoms with van der Waals surface area (Å²) in [5.41, 5.74) is 0. The van der Waals surface area contributed by atoms with E-state index in [2.05, 4.69) is 4.72 Å². The van der Waals surface area contributed by atoms with Crippen LogP contribution in [0.3, 0.4) is 0 Å². The van der Waals surface area contributed by atoms with E-state index in [4.69, 9.17) is 9.47 Å². The first kappa shape index (κ1) is 17.1. The van der Waals surface area contributed by atoms with Crippen molar-refractivity contribution < 1.29 is 17.9 Å². The minimum atomic E-state index is -3.56. The van der Waals surface area contributed by atoms with Crippen LogP contribution in [-0.4, -0.2) is 53.2 Å². The lowest BCUT2D eigenvalue weighted by molar-refractivity contribution is 0.297. The van der Waals surface area contributed by atoms with Gasteiger partial charge in [0.1, 0.15) is 0 Å². The largest absolute Gasteiger partial charge is 0.490 e. The Hall–Kier alpha value is -1.31. The Bertz CT molecular complexity index is 602. The Morgan fingerprint density at radius 2 is 1.91 bits per heavy atom. The molecule has 1 aromatic rings. The van der Waals surface area contributed by atoms with E-state index in [-0.39, 0.29) is 10.9 Å². The highest BCUT2D eigenvalue weighted by Crippen LogP contribution is 2.31. The first-order valence-electron chi connectivity index (χ1n) is 7.45. The molecule has 1 aromatic carbocycles. The van der Waals surface area contributed by atoms with E-state index in [1.54, 1.807) is 12.1 Å². The number of sulfonamides is 1. The summed E-state index contributed by atoms with van der Waals surface area (Å²) in [6.45, 7) is 3.80. The smallest absolute Gasteiger partial charge is 0.240 e. The van der Waals surface area contributed by atoms with Crippen molar-refractivity contribution in [1.29, 1.82) is 0 Å². The van der Waals surface area contributed by atoms with E-state index >= 15 is 0 Å². The quantitative estimate of drug-likeness (QED) is 0.856. The van der Waals surface area contributed by atoms with Crippen molar-refractivity contribution in [1.82, 2.24) is 9.62 Å². The fraction of sp³-hybridized carbons (Fsp3) is 0.600. The molecule has 0 fully saturated rings. The highest BCUT2D eigenvalue weighted by Gasteiger charge is 2.20. The van der Waals surface area contributed by atoms with Crippen molar-refractivity contribution >= 4 is 10.0 Å². The minimum absolute atomic E-state index is 0.136. The van der Waals surface area contributed by atoms with Gasteiger partial charge >= 0.3 is 0 Å². The highest BCUT2D eigenvalue weighted by atomic mass is 32.2. The van der Waals surface area contributed by atoms with E-state index in [0.717, 1.165) is 19.4 Å². The van der Waals surface area contributed by atoms with Gasteiger partial charge in [-0.3, -0.25) is 0 Å². The second-order valence-electron chi connectivity index (χ2n) is 5.77. The summed E-state index contributed by atoms with van der Waals surface area (Å²) >= 11 is 0. The molecule has 0 saturated heterocycles. The molecule has 1 atom stereocenters. The third-order valence-electron chi connectivity index (χ3n) is 3.39. The number of ether oxygens (including phenoxy) is 2. The van der Waals surface area contributed by atoms with Gasteiger partial charge in [-0.15, -0.1) is 0 Å². The monoisotopic (exact) mass is 328 g/mol. The van der Waals surface area contributed by atoms with Crippen molar-refractivity contribution in [2.45, 2.75) is 30.7 Å². The molecule has 0 aromatic heterocycles. The fourth-order valence-corrected chi connectivity index (χ4v) is 3.45. The highest BCUT2D eigenvalue weighted by molar-refractivity contribution is 7.89. The maximum Gasteiger partial charge on any atom is 0.240 e. The van der Waals surface area contributed by atoms with Gasteiger partial charge in [-0.1, -0.05) is 0 Å². The molecule has 2 rings (SSSR count). The van der Waals surface area contributed by atoms with Crippen molar-refractivity contribution in [2.75, 3.05) is 33.9 Å². The summed E-state index contributed by atoms with van der Waals surface area (Å²) in [5, 5.41) is 0. The average Bonchev–Trinajstić information content (AvgIpc) is 2.69. The third-order valence-corrected chi connectivity index (χ3v) is 4.98. The fourth-order valence-electron chi connectivity index (χ4n) is 2.15. The SMILES string of the molecule is C[C@@H](CCN(C)C)NS(=O)(=O)c1ccc2c(c1)OCCCO2. The predicted octanol–water partition coefficient (Wildman–Crippen LogP) is 1.47. The summed E-state index contributed by atoms with van der Waals surface area (Å²) in [4.78, 5) is 2.23. The van der Waals surface area contributed by atoms with E-state index in [0.29, 0.717) is 24.7 Å². The Morgan fingerprint density at radius 1 is 1.23 bits per heavy atom. The van der Waals surface area contributed by atoms with Crippen LogP contribution in [0.2, 0.25) is 0 Å². The third kappa shape index (κ3) is 4.59. The summed E-state index contributed by atoms with van der Waals surface area (Å²) < 4.78 is 38.6. The molecule has 1 aliphatic heterocycles. The van der Waals surface area contributed by atoms with E-state index in [1.807, 2.05) is 25.9 Å². The van der Waals surface area contributed by atoms with Crippen LogP contribution in [-0.2, 0) is 10.0 Å². The summed E-state index contributed by atoms with van der Waals surface area (Å²) in [7, 11) is 0.370. The van der Waals surface area contributed by atoms with Gasteiger partial charge < -0.3 is 14.4 Å². The molecule has 0 aliphatic carbocycles. The molecule has 0 spiro atoms. The zero-order chi connectivity index (χ0) is 16.2. The van der Waals surface area contributed by atoms with Crippen molar-refractivity contribution in [3.8, 4) is 11.5 Å². The Labute approximate surface area is 132 Å². The van der Waals surface area contributed by atoms with Gasteiger partial charge in [0.2, 0.25) is 10.0 Å². The molecular formula is C15H24N2O4S. The maximum absolute atomic E-state index is 12.4. The number of fused-ring (bicyclic) bond motifs is 1. The van der Waals surface area contributed by atoms with Crippen LogP contribution in [0.25, 0.3) is 0 Å². The van der Waals surface area contributed by atoms with Crippen molar-refractivity contribution in [3.05, 3.63) is 18.2 Å². The lowest BCUT2D eigenvalue weighted by atomic mass is 10.2. The number of nitrogens with one attached hydrogen (secondary N) is 1. The number of hydrogen-bond donors (Lipinski definition) is 1. The molecular weight excluding hydrogens is 304 g/mol. The van der Waals surface area contributed by atoms with Crippen molar-refractivity contribution in [3.63, 3.8) is 0 Å². The van der Waals surface area contributed by atoms with Crippen LogP contribution in [0.15, 0.2) is 23.1 Å². The molecule has 0 unspecified atom stereocenters. The second-order valence-corrected chi connectivity index (χ2v) is 7.49. The second kappa shape index (κ2) is 7.30. The Kier molecular flexibility index (Phi) is 5.66. The normalized spacial score (nSPS) is 16.4. The van der Waals surface area contributed by atoms with Crippen LogP contribution in [0, 0.1) is 0 Å². The molecule has 0 saturated carbocycles. The molecule has 1 aliphatic rings. The number of benzene rings is 1. The molecule has 22 heavy (non-hydrogen) atoms. The standard InChI is InChI=1S/C15H24N2O4S/c1-12(7-8-17(2)3)16-22(18,19)13-5-6-14-15(11-13)21-10-4-9-20-14/h5-6,11-12,16H,4,7-10H2,1-3H3/t12-/m0/s1. The van der Waals surface area contributed by atoms with Gasteiger partial charge in [-0.05, 0) is 46.1 Å². The zero-order valence-corrected chi connectivity index (χ0v) is 14.1. The van der Waals surface area contributed by atoms with Gasteiger partial charge in [0.05, 0.1) is 18.1 Å². The molecule has 6 nitrogen and oxygen atoms in total. The van der Waals surface area contributed by atoms with Gasteiger partial charge in [-0.2, -0.15) is 0 Å². The lowest BCUT2D eigenvalue weighted by Crippen LogP contribution is -2.34. The Morgan fingerprint density at radius 3 is 2.59 bits per heavy atom. The number of hydrogen-bond acceptors (Lipinski definition) is 5. The number of nitrogens with zero attached hydrogens (tertiary/aromatic N) is 1. The minimum Gasteiger partial charge on any atom is -0.490 e. The lowest BCUT2D eigenvalue weighted by Gasteiger charge is -2.17. The molecule has 124 valence electrons. The van der Waals surface area contributed by atoms with Gasteiger partial charge in [0.15, 0.2) is 11.5 Å². The van der Waals surface area contributed by atoms with Gasteiger partial charge in [-0.25, -0.2) is 13.1 Å². The van der Waals surface area contributed by atoms with E-state index < -0.39 is 10.0 Å². The molecule has 0 bridgehead atoms. The van der Waals surface area contributed by atoms with Crippen LogP contribution >= 0.6 is 0 Å². The zero-order valence-electron chi connectivity index (χ0n) is 13.3. The summed E-state index contributed by atoms with van der Waals surface area (Å²) in [5.74, 6) is 1.08. The topological polar surface area (TPSA) is 67.9 Å². The van der Waals surface area contributed by atoms with Crippen LogP contribution in [0.4, 0.5) is 0 Å². The van der Waals surface area contributed by atoms with Crippen LogP contribution < -0.4 is 14.2 Å². The summed E-state index contributed by atoms with van der Waals surface area (Å²) in [6, 6.07) is 4.60. The van der Waals surface area contributed by atoms with Crippen LogP contribution in [0.1, 0.15) is 19.8 Å². The molecule has 0 radical (unpaired) electrons. The van der Waals surface area contributed by atoms with Gasteiger partial charge in [0.25, 0.3) is 0 Å². The maximum atomic E-state index is 12.4. The predicted molar refractivity (Wildman–Crippen MR) is 85.0 cm³/mol. The number of rotatable bonds is 6. The average molecular weight is 328 g/mol. The van der Waals surface area contributed by atoms with Crippen LogP contribution in [0.5, 0.6) is 11.5 Å². The molecule has 7 heteroatoms. The molecule has 0 amide bonds. The summed E-state index contributed by atoms with van der Waals surface area (Å²) in [6.07, 6.45) is 1.54. The van der Waals surface area contributed by atoms with E-state index in [9.17, 15) is 8.42 Å². The van der Waals surface area contributed by atoms with Crippen molar-refractivity contribution in [2.24, 2.45) is 0 Å². The Balaban J connectivity index is 2.10. The first-order valence-corrected chi connectivity index (χ1v) is 8.93. The van der Waals surface area contributed by atoms with E-state index in [1.165, 1.54) is 6.07 Å². The molecule has 1 heterocycles. The molecule has 1 N–H and O–H groups in total. The first-order chi connectivity index (χ1) is 10.4. The van der Waals surface area contributed by atoms with Gasteiger partial charge in [0, 0.05) is 18.5 Å².